The molecule has 2 heterocycles. The molecule has 0 saturated carbocycles. The van der Waals surface area contributed by atoms with E-state index in [4.69, 9.17) is 27.8 Å². The number of anilines is 1. The molecule has 0 spiro atoms. The molecule has 98 valence electrons. The van der Waals surface area contributed by atoms with E-state index in [1.807, 2.05) is 0 Å². The van der Waals surface area contributed by atoms with E-state index in [-0.39, 0.29) is 18.1 Å². The van der Waals surface area contributed by atoms with Crippen LogP contribution in [0.1, 0.15) is 23.2 Å². The number of pyridine rings is 1. The van der Waals surface area contributed by atoms with Gasteiger partial charge < -0.3 is 16.2 Å². The zero-order chi connectivity index (χ0) is 13.2. The molecule has 0 unspecified atom stereocenters. The topological polar surface area (TPSA) is 91.2 Å². The van der Waals surface area contributed by atoms with Gasteiger partial charge in [-0.2, -0.15) is 0 Å². The summed E-state index contributed by atoms with van der Waals surface area (Å²) >= 11 is 5.86. The second-order valence-corrected chi connectivity index (χ2v) is 4.95. The van der Waals surface area contributed by atoms with Crippen molar-refractivity contribution in [3.63, 3.8) is 0 Å². The van der Waals surface area contributed by atoms with Crippen molar-refractivity contribution in [3.05, 3.63) is 22.8 Å². The van der Waals surface area contributed by atoms with Gasteiger partial charge in [0, 0.05) is 26.0 Å². The average Bonchev–Trinajstić information content (AvgIpc) is 2.41. The Kier molecular flexibility index (Phi) is 3.85. The van der Waals surface area contributed by atoms with Crippen molar-refractivity contribution in [2.45, 2.75) is 12.8 Å². The maximum Gasteiger partial charge on any atom is 0.174 e. The Bertz CT molecular complexity index is 459. The number of nitrogens with two attached hydrogens (primary N) is 2. The average molecular weight is 270 g/mol. The molecule has 0 bridgehead atoms. The Balaban J connectivity index is 2.36. The van der Waals surface area contributed by atoms with Crippen LogP contribution in [-0.4, -0.2) is 30.5 Å². The van der Waals surface area contributed by atoms with Crippen LogP contribution in [0.2, 0.25) is 5.02 Å². The van der Waals surface area contributed by atoms with Crippen molar-refractivity contribution in [3.8, 4) is 0 Å². The number of hydrogen-bond donors (Lipinski definition) is 2. The van der Waals surface area contributed by atoms with E-state index in [2.05, 4.69) is 4.98 Å². The van der Waals surface area contributed by atoms with Gasteiger partial charge in [-0.3, -0.25) is 4.79 Å². The van der Waals surface area contributed by atoms with E-state index in [9.17, 15) is 4.79 Å². The van der Waals surface area contributed by atoms with Crippen LogP contribution in [0.3, 0.4) is 0 Å². The first-order valence-corrected chi connectivity index (χ1v) is 6.20. The molecule has 0 amide bonds. The second kappa shape index (κ2) is 5.22. The molecule has 1 aliphatic heterocycles. The fraction of sp³-hybridized carbons (Fsp3) is 0.500. The Morgan fingerprint density at radius 3 is 2.78 bits per heavy atom. The van der Waals surface area contributed by atoms with Crippen molar-refractivity contribution in [1.82, 2.24) is 4.98 Å². The molecule has 0 aliphatic carbocycles. The first kappa shape index (κ1) is 13.3. The van der Waals surface area contributed by atoms with E-state index >= 15 is 0 Å². The fourth-order valence-electron chi connectivity index (χ4n) is 2.20. The van der Waals surface area contributed by atoms with Gasteiger partial charge in [-0.1, -0.05) is 11.6 Å². The third kappa shape index (κ3) is 2.34. The first-order chi connectivity index (χ1) is 8.59. The number of hydrogen-bond acceptors (Lipinski definition) is 5. The van der Waals surface area contributed by atoms with Crippen LogP contribution >= 0.6 is 11.6 Å². The van der Waals surface area contributed by atoms with Crippen molar-refractivity contribution in [1.29, 1.82) is 0 Å². The summed E-state index contributed by atoms with van der Waals surface area (Å²) in [6.45, 7) is 1.36. The van der Waals surface area contributed by atoms with E-state index in [1.165, 1.54) is 6.20 Å². The summed E-state index contributed by atoms with van der Waals surface area (Å²) in [6, 6.07) is 1.55. The lowest BCUT2D eigenvalue weighted by Gasteiger charge is -2.34. The molecule has 1 aromatic heterocycles. The van der Waals surface area contributed by atoms with Crippen molar-refractivity contribution in [2.75, 3.05) is 25.5 Å². The molecule has 5 nitrogen and oxygen atoms in total. The normalized spacial score (nSPS) is 18.6. The molecule has 1 aliphatic rings. The molecule has 6 heteroatoms. The molecule has 0 radical (unpaired) electrons. The summed E-state index contributed by atoms with van der Waals surface area (Å²) in [5.41, 5.74) is 11.3. The maximum absolute atomic E-state index is 12.6. The van der Waals surface area contributed by atoms with Gasteiger partial charge in [-0.05, 0) is 18.9 Å². The molecule has 2 rings (SSSR count). The molecule has 4 N–H and O–H groups in total. The molecular formula is C12H16ClN3O2. The highest BCUT2D eigenvalue weighted by atomic mass is 35.5. The van der Waals surface area contributed by atoms with Gasteiger partial charge in [0.05, 0.1) is 16.0 Å². The van der Waals surface area contributed by atoms with Crippen LogP contribution in [0.5, 0.6) is 0 Å². The van der Waals surface area contributed by atoms with Crippen LogP contribution < -0.4 is 11.5 Å². The molecule has 1 saturated heterocycles. The number of carbonyl (C=O) groups is 1. The summed E-state index contributed by atoms with van der Waals surface area (Å²) in [7, 11) is 0. The number of halogens is 1. The van der Waals surface area contributed by atoms with Gasteiger partial charge in [-0.25, -0.2) is 4.98 Å². The Hall–Kier alpha value is -1.17. The van der Waals surface area contributed by atoms with Crippen molar-refractivity contribution < 1.29 is 9.53 Å². The third-order valence-electron chi connectivity index (χ3n) is 3.45. The summed E-state index contributed by atoms with van der Waals surface area (Å²) in [6.07, 6.45) is 2.63. The van der Waals surface area contributed by atoms with Crippen LogP contribution in [-0.2, 0) is 4.74 Å². The van der Waals surface area contributed by atoms with E-state index < -0.39 is 5.41 Å². The van der Waals surface area contributed by atoms with Crippen molar-refractivity contribution >= 4 is 23.2 Å². The summed E-state index contributed by atoms with van der Waals surface area (Å²) < 4.78 is 5.29. The molecule has 0 aromatic carbocycles. The third-order valence-corrected chi connectivity index (χ3v) is 3.66. The number of Topliss-reactive ketones (excluding diaryl/α,β-unsaturated/α-hetero) is 1. The lowest BCUT2D eigenvalue weighted by molar-refractivity contribution is 0.0201. The molecule has 18 heavy (non-hydrogen) atoms. The quantitative estimate of drug-likeness (QED) is 0.806. The standard InChI is InChI=1S/C12H16ClN3O2/c13-8-5-9(11(15)16-6-8)10(17)12(7-14)1-3-18-4-2-12/h5-6H,1-4,7,14H2,(H2,15,16). The zero-order valence-corrected chi connectivity index (χ0v) is 10.7. The minimum Gasteiger partial charge on any atom is -0.383 e. The van der Waals surface area contributed by atoms with E-state index in [1.54, 1.807) is 6.07 Å². The van der Waals surface area contributed by atoms with Gasteiger partial charge in [-0.15, -0.1) is 0 Å². The first-order valence-electron chi connectivity index (χ1n) is 5.83. The number of ether oxygens (including phenoxy) is 1. The van der Waals surface area contributed by atoms with Gasteiger partial charge in [0.15, 0.2) is 5.78 Å². The number of ketones is 1. The lowest BCUT2D eigenvalue weighted by Crippen LogP contribution is -2.43. The molecule has 1 fully saturated rings. The Morgan fingerprint density at radius 2 is 2.17 bits per heavy atom. The van der Waals surface area contributed by atoms with E-state index in [0.717, 1.165) is 0 Å². The predicted octanol–water partition coefficient (Wildman–Crippen LogP) is 1.26. The monoisotopic (exact) mass is 269 g/mol. The highest BCUT2D eigenvalue weighted by Crippen LogP contribution is 2.34. The predicted molar refractivity (Wildman–Crippen MR) is 69.5 cm³/mol. The second-order valence-electron chi connectivity index (χ2n) is 4.51. The molecular weight excluding hydrogens is 254 g/mol. The largest absolute Gasteiger partial charge is 0.383 e. The minimum atomic E-state index is -0.598. The number of nitrogens with zero attached hydrogens (tertiary/aromatic N) is 1. The van der Waals surface area contributed by atoms with Crippen LogP contribution in [0.15, 0.2) is 12.3 Å². The number of nitrogen functional groups attached to an aromatic ring is 1. The maximum atomic E-state index is 12.6. The zero-order valence-electron chi connectivity index (χ0n) is 9.99. The molecule has 0 atom stereocenters. The van der Waals surface area contributed by atoms with Gasteiger partial charge in [0.1, 0.15) is 5.82 Å². The molecule has 1 aromatic rings. The van der Waals surface area contributed by atoms with Gasteiger partial charge in [0.25, 0.3) is 0 Å². The van der Waals surface area contributed by atoms with Gasteiger partial charge in [0.2, 0.25) is 0 Å². The smallest absolute Gasteiger partial charge is 0.174 e. The van der Waals surface area contributed by atoms with E-state index in [0.29, 0.717) is 36.6 Å². The Labute approximate surface area is 110 Å². The minimum absolute atomic E-state index is 0.0826. The van der Waals surface area contributed by atoms with Gasteiger partial charge >= 0.3 is 0 Å². The SMILES string of the molecule is NCC1(C(=O)c2cc(Cl)cnc2N)CCOCC1. The summed E-state index contributed by atoms with van der Waals surface area (Å²) in [4.78, 5) is 16.5. The number of rotatable bonds is 3. The van der Waals surface area contributed by atoms with Crippen LogP contribution in [0.25, 0.3) is 0 Å². The Morgan fingerprint density at radius 1 is 1.50 bits per heavy atom. The number of carbonyl (C=O) groups excluding carboxylic acids is 1. The van der Waals surface area contributed by atoms with Crippen LogP contribution in [0, 0.1) is 5.41 Å². The summed E-state index contributed by atoms with van der Waals surface area (Å²) in [5, 5.41) is 0.395. The van der Waals surface area contributed by atoms with Crippen molar-refractivity contribution in [2.24, 2.45) is 11.1 Å². The lowest BCUT2D eigenvalue weighted by atomic mass is 9.74. The summed E-state index contributed by atoms with van der Waals surface area (Å²) in [5.74, 6) is 0.115. The fourth-order valence-corrected chi connectivity index (χ4v) is 2.36. The number of aromatic nitrogens is 1. The highest BCUT2D eigenvalue weighted by Gasteiger charge is 2.40. The highest BCUT2D eigenvalue weighted by molar-refractivity contribution is 6.31. The van der Waals surface area contributed by atoms with Crippen LogP contribution in [0.4, 0.5) is 5.82 Å².